The van der Waals surface area contributed by atoms with Crippen LogP contribution in [0.4, 0.5) is 0 Å². The van der Waals surface area contributed by atoms with Crippen molar-refractivity contribution in [2.24, 2.45) is 23.7 Å². The van der Waals surface area contributed by atoms with E-state index >= 15 is 0 Å². The van der Waals surface area contributed by atoms with Crippen molar-refractivity contribution >= 4 is 0 Å². The Hall–Kier alpha value is -0.780. The molecule has 1 aromatic carbocycles. The van der Waals surface area contributed by atoms with E-state index in [1.54, 1.807) is 11.1 Å². The van der Waals surface area contributed by atoms with Crippen LogP contribution in [0.2, 0.25) is 0 Å². The summed E-state index contributed by atoms with van der Waals surface area (Å²) >= 11 is 0. The lowest BCUT2D eigenvalue weighted by molar-refractivity contribution is 0.143. The SMILES string of the molecule is CCCC1CCC1CCCCC(Cc1ccc(C)c(C(C)CC)c1)C1CCC1. The van der Waals surface area contributed by atoms with Crippen LogP contribution in [0.25, 0.3) is 0 Å². The molecule has 0 aliphatic heterocycles. The average molecular weight is 383 g/mol. The highest BCUT2D eigenvalue weighted by Crippen LogP contribution is 2.42. The topological polar surface area (TPSA) is 0 Å². The minimum Gasteiger partial charge on any atom is -0.0654 e. The molecule has 158 valence electrons. The highest BCUT2D eigenvalue weighted by atomic mass is 14.4. The van der Waals surface area contributed by atoms with Crippen LogP contribution in [0, 0.1) is 30.6 Å². The van der Waals surface area contributed by atoms with Crippen LogP contribution in [0.3, 0.4) is 0 Å². The average Bonchev–Trinajstić information content (AvgIpc) is 2.64. The maximum Gasteiger partial charge on any atom is -0.0190 e. The zero-order chi connectivity index (χ0) is 19.9. The smallest absolute Gasteiger partial charge is 0.0190 e. The highest BCUT2D eigenvalue weighted by molar-refractivity contribution is 5.33. The van der Waals surface area contributed by atoms with Crippen LogP contribution in [0.5, 0.6) is 0 Å². The number of hydrogen-bond acceptors (Lipinski definition) is 0. The monoisotopic (exact) mass is 382 g/mol. The molecule has 2 saturated carbocycles. The minimum absolute atomic E-state index is 0.695. The molecule has 3 rings (SSSR count). The van der Waals surface area contributed by atoms with Crippen LogP contribution in [-0.4, -0.2) is 0 Å². The van der Waals surface area contributed by atoms with Crippen molar-refractivity contribution < 1.29 is 0 Å². The molecule has 0 N–H and O–H groups in total. The van der Waals surface area contributed by atoms with Gasteiger partial charge in [-0.1, -0.05) is 90.3 Å². The molecule has 4 unspecified atom stereocenters. The van der Waals surface area contributed by atoms with E-state index in [1.807, 2.05) is 0 Å². The third-order valence-electron chi connectivity index (χ3n) is 8.44. The summed E-state index contributed by atoms with van der Waals surface area (Å²) in [7, 11) is 0. The van der Waals surface area contributed by atoms with E-state index < -0.39 is 0 Å². The van der Waals surface area contributed by atoms with Gasteiger partial charge in [-0.15, -0.1) is 0 Å². The number of unbranched alkanes of at least 4 members (excludes halogenated alkanes) is 1. The zero-order valence-electron chi connectivity index (χ0n) is 19.3. The lowest BCUT2D eigenvalue weighted by Crippen LogP contribution is -2.26. The van der Waals surface area contributed by atoms with E-state index in [0.717, 1.165) is 23.7 Å². The summed E-state index contributed by atoms with van der Waals surface area (Å²) < 4.78 is 0. The molecule has 0 heterocycles. The Labute approximate surface area is 175 Å². The number of rotatable bonds is 12. The van der Waals surface area contributed by atoms with Gasteiger partial charge in [0.15, 0.2) is 0 Å². The van der Waals surface area contributed by atoms with Crippen molar-refractivity contribution in [3.8, 4) is 0 Å². The van der Waals surface area contributed by atoms with E-state index in [0.29, 0.717) is 5.92 Å². The molecule has 2 aliphatic carbocycles. The maximum absolute atomic E-state index is 2.55. The first kappa shape index (κ1) is 21.9. The van der Waals surface area contributed by atoms with Gasteiger partial charge < -0.3 is 0 Å². The Morgan fingerprint density at radius 3 is 2.32 bits per heavy atom. The molecule has 0 nitrogen and oxygen atoms in total. The molecule has 0 amide bonds. The van der Waals surface area contributed by atoms with Gasteiger partial charge in [-0.2, -0.15) is 0 Å². The second-order valence-electron chi connectivity index (χ2n) is 10.3. The van der Waals surface area contributed by atoms with Gasteiger partial charge in [0.05, 0.1) is 0 Å². The van der Waals surface area contributed by atoms with E-state index in [9.17, 15) is 0 Å². The summed E-state index contributed by atoms with van der Waals surface area (Å²) in [6.45, 7) is 9.36. The molecule has 0 radical (unpaired) electrons. The standard InChI is InChI=1S/C28H46/c1-5-10-24-17-18-26(24)11-7-8-12-27(25-13-9-14-25)19-23-16-15-22(4)28(20-23)21(3)6-2/h15-16,20-21,24-27H,5-14,17-19H2,1-4H3. The van der Waals surface area contributed by atoms with Gasteiger partial charge in [-0.25, -0.2) is 0 Å². The van der Waals surface area contributed by atoms with Crippen molar-refractivity contribution in [2.75, 3.05) is 0 Å². The van der Waals surface area contributed by atoms with Crippen molar-refractivity contribution in [3.63, 3.8) is 0 Å². The van der Waals surface area contributed by atoms with Gasteiger partial charge in [-0.3, -0.25) is 0 Å². The van der Waals surface area contributed by atoms with Crippen LogP contribution in [0.15, 0.2) is 18.2 Å². The Balaban J connectivity index is 1.50. The van der Waals surface area contributed by atoms with Crippen LogP contribution in [-0.2, 0) is 6.42 Å². The molecule has 0 spiro atoms. The normalized spacial score (nSPS) is 24.4. The quantitative estimate of drug-likeness (QED) is 0.317. The highest BCUT2D eigenvalue weighted by Gasteiger charge is 2.30. The van der Waals surface area contributed by atoms with Crippen molar-refractivity contribution in [2.45, 2.75) is 117 Å². The molecular formula is C28H46. The van der Waals surface area contributed by atoms with E-state index in [4.69, 9.17) is 0 Å². The van der Waals surface area contributed by atoms with Crippen LogP contribution < -0.4 is 0 Å². The predicted molar refractivity (Wildman–Crippen MR) is 124 cm³/mol. The summed E-state index contributed by atoms with van der Waals surface area (Å²) in [4.78, 5) is 0. The summed E-state index contributed by atoms with van der Waals surface area (Å²) in [5, 5.41) is 0. The van der Waals surface area contributed by atoms with Gasteiger partial charge in [0.2, 0.25) is 0 Å². The number of hydrogen-bond donors (Lipinski definition) is 0. The molecule has 0 saturated heterocycles. The molecule has 0 heteroatoms. The number of aryl methyl sites for hydroxylation is 1. The molecule has 2 fully saturated rings. The maximum atomic E-state index is 2.55. The first-order chi connectivity index (χ1) is 13.6. The first-order valence-corrected chi connectivity index (χ1v) is 12.7. The van der Waals surface area contributed by atoms with Crippen molar-refractivity contribution in [1.29, 1.82) is 0 Å². The van der Waals surface area contributed by atoms with Gasteiger partial charge in [0.1, 0.15) is 0 Å². The lowest BCUT2D eigenvalue weighted by Gasteiger charge is -2.37. The minimum atomic E-state index is 0.695. The van der Waals surface area contributed by atoms with Gasteiger partial charge in [-0.05, 0) is 85.3 Å². The third-order valence-corrected chi connectivity index (χ3v) is 8.44. The van der Waals surface area contributed by atoms with E-state index in [2.05, 4.69) is 45.9 Å². The molecule has 2 aliphatic rings. The second-order valence-corrected chi connectivity index (χ2v) is 10.3. The van der Waals surface area contributed by atoms with Crippen LogP contribution >= 0.6 is 0 Å². The second kappa shape index (κ2) is 10.8. The molecule has 4 atom stereocenters. The molecule has 1 aromatic rings. The predicted octanol–water partition coefficient (Wildman–Crippen LogP) is 8.85. The zero-order valence-corrected chi connectivity index (χ0v) is 19.3. The van der Waals surface area contributed by atoms with Gasteiger partial charge in [0.25, 0.3) is 0 Å². The van der Waals surface area contributed by atoms with E-state index in [-0.39, 0.29) is 0 Å². The summed E-state index contributed by atoms with van der Waals surface area (Å²) in [6.07, 6.45) is 18.9. The van der Waals surface area contributed by atoms with E-state index in [1.165, 1.54) is 89.0 Å². The van der Waals surface area contributed by atoms with Crippen molar-refractivity contribution in [1.82, 2.24) is 0 Å². The third kappa shape index (κ3) is 5.64. The summed E-state index contributed by atoms with van der Waals surface area (Å²) in [6, 6.07) is 7.37. The Morgan fingerprint density at radius 1 is 0.964 bits per heavy atom. The molecule has 28 heavy (non-hydrogen) atoms. The Morgan fingerprint density at radius 2 is 1.71 bits per heavy atom. The van der Waals surface area contributed by atoms with Crippen molar-refractivity contribution in [3.05, 3.63) is 34.9 Å². The fourth-order valence-electron chi connectivity index (χ4n) is 5.87. The molecule has 0 aromatic heterocycles. The Kier molecular flexibility index (Phi) is 8.49. The lowest BCUT2D eigenvalue weighted by atomic mass is 9.68. The Bertz CT molecular complexity index is 582. The largest absolute Gasteiger partial charge is 0.0654 e. The van der Waals surface area contributed by atoms with Gasteiger partial charge >= 0.3 is 0 Å². The summed E-state index contributed by atoms with van der Waals surface area (Å²) in [5.74, 6) is 4.82. The summed E-state index contributed by atoms with van der Waals surface area (Å²) in [5.41, 5.74) is 4.69. The fourth-order valence-corrected chi connectivity index (χ4v) is 5.87. The molecule has 0 bridgehead atoms. The number of benzene rings is 1. The fraction of sp³-hybridized carbons (Fsp3) is 0.786. The first-order valence-electron chi connectivity index (χ1n) is 12.7. The molecular weight excluding hydrogens is 336 g/mol. The van der Waals surface area contributed by atoms with Gasteiger partial charge in [0, 0.05) is 0 Å². The van der Waals surface area contributed by atoms with Crippen LogP contribution in [0.1, 0.15) is 120 Å².